The van der Waals surface area contributed by atoms with Crippen molar-refractivity contribution in [1.82, 2.24) is 9.55 Å². The Morgan fingerprint density at radius 3 is 3.06 bits per heavy atom. The van der Waals surface area contributed by atoms with E-state index in [0.29, 0.717) is 6.61 Å². The summed E-state index contributed by atoms with van der Waals surface area (Å²) in [7, 11) is 1.71. The molecule has 2 N–H and O–H groups in total. The van der Waals surface area contributed by atoms with Gasteiger partial charge in [-0.15, -0.1) is 0 Å². The Kier molecular flexibility index (Phi) is 3.19. The first kappa shape index (κ1) is 11.5. The Morgan fingerprint density at radius 2 is 2.38 bits per heavy atom. The van der Waals surface area contributed by atoms with Crippen LogP contribution in [0.15, 0.2) is 0 Å². The van der Waals surface area contributed by atoms with Gasteiger partial charge in [0.2, 0.25) is 0 Å². The van der Waals surface area contributed by atoms with Crippen LogP contribution >= 0.6 is 0 Å². The molecule has 2 rings (SSSR count). The average Bonchev–Trinajstić information content (AvgIpc) is 2.56. The molecule has 0 bridgehead atoms. The van der Waals surface area contributed by atoms with Crippen LogP contribution < -0.4 is 5.73 Å². The molecule has 16 heavy (non-hydrogen) atoms. The number of nitrogens with two attached hydrogens (primary N) is 1. The largest absolute Gasteiger partial charge is 0.384 e. The lowest BCUT2D eigenvalue weighted by Gasteiger charge is -2.20. The van der Waals surface area contributed by atoms with Gasteiger partial charge in [0, 0.05) is 26.0 Å². The maximum Gasteiger partial charge on any atom is 0.127 e. The first-order valence-corrected chi connectivity index (χ1v) is 5.97. The quantitative estimate of drug-likeness (QED) is 0.850. The molecule has 2 heterocycles. The third kappa shape index (κ3) is 1.94. The predicted molar refractivity (Wildman–Crippen MR) is 64.4 cm³/mol. The minimum atomic E-state index is 0.276. The van der Waals surface area contributed by atoms with Crippen LogP contribution in [0.2, 0.25) is 0 Å². The summed E-state index contributed by atoms with van der Waals surface area (Å²) in [6.45, 7) is 6.06. The summed E-state index contributed by atoms with van der Waals surface area (Å²) < 4.78 is 7.33. The molecular weight excluding hydrogens is 202 g/mol. The normalized spacial score (nSPS) is 21.8. The lowest BCUT2D eigenvalue weighted by Crippen LogP contribution is -2.18. The number of ether oxygens (including phenoxy) is 1. The summed E-state index contributed by atoms with van der Waals surface area (Å²) >= 11 is 0. The van der Waals surface area contributed by atoms with E-state index in [1.807, 2.05) is 0 Å². The minimum Gasteiger partial charge on any atom is -0.384 e. The number of methoxy groups -OCH3 is 1. The van der Waals surface area contributed by atoms with Gasteiger partial charge in [0.25, 0.3) is 0 Å². The van der Waals surface area contributed by atoms with Crippen molar-refractivity contribution in [3.05, 3.63) is 11.5 Å². The molecule has 1 aromatic rings. The summed E-state index contributed by atoms with van der Waals surface area (Å²) in [4.78, 5) is 4.68. The molecule has 1 aliphatic rings. The van der Waals surface area contributed by atoms with Gasteiger partial charge in [-0.2, -0.15) is 0 Å². The van der Waals surface area contributed by atoms with Crippen LogP contribution in [-0.4, -0.2) is 23.3 Å². The molecule has 4 nitrogen and oxygen atoms in total. The highest BCUT2D eigenvalue weighted by molar-refractivity contribution is 5.41. The van der Waals surface area contributed by atoms with Crippen molar-refractivity contribution < 1.29 is 4.74 Å². The van der Waals surface area contributed by atoms with Crippen LogP contribution in [0.4, 0.5) is 5.82 Å². The zero-order valence-electron chi connectivity index (χ0n) is 10.4. The topological polar surface area (TPSA) is 53.1 Å². The summed E-state index contributed by atoms with van der Waals surface area (Å²) in [5.41, 5.74) is 7.15. The zero-order valence-corrected chi connectivity index (χ0v) is 10.4. The van der Waals surface area contributed by atoms with Crippen LogP contribution in [-0.2, 0) is 17.7 Å². The lowest BCUT2D eigenvalue weighted by molar-refractivity contribution is 0.183. The van der Waals surface area contributed by atoms with Crippen molar-refractivity contribution in [2.75, 3.05) is 19.5 Å². The number of nitrogens with zero attached hydrogens (tertiary/aromatic N) is 2. The van der Waals surface area contributed by atoms with Crippen LogP contribution in [0, 0.1) is 5.92 Å². The number of hydrogen-bond acceptors (Lipinski definition) is 3. The Hall–Kier alpha value is -1.03. The first-order chi connectivity index (χ1) is 7.63. The summed E-state index contributed by atoms with van der Waals surface area (Å²) in [6.07, 6.45) is 2.25. The van der Waals surface area contributed by atoms with Gasteiger partial charge in [-0.3, -0.25) is 0 Å². The third-order valence-corrected chi connectivity index (χ3v) is 3.37. The van der Waals surface area contributed by atoms with E-state index in [1.165, 1.54) is 6.42 Å². The number of anilines is 1. The fraction of sp³-hybridized carbons (Fsp3) is 0.750. The number of hydrogen-bond donors (Lipinski definition) is 1. The van der Waals surface area contributed by atoms with Crippen LogP contribution in [0.3, 0.4) is 0 Å². The van der Waals surface area contributed by atoms with E-state index >= 15 is 0 Å². The van der Waals surface area contributed by atoms with Crippen molar-refractivity contribution in [3.8, 4) is 0 Å². The van der Waals surface area contributed by atoms with Crippen LogP contribution in [0.1, 0.15) is 37.7 Å². The fourth-order valence-corrected chi connectivity index (χ4v) is 2.39. The van der Waals surface area contributed by atoms with Gasteiger partial charge in [0.15, 0.2) is 0 Å². The second-order valence-corrected chi connectivity index (χ2v) is 4.90. The molecule has 0 radical (unpaired) electrons. The molecule has 0 saturated carbocycles. The molecule has 2 unspecified atom stereocenters. The predicted octanol–water partition coefficient (Wildman–Crippen LogP) is 1.80. The SMILES string of the molecule is COCC(C)c1nc2n(c1N)CCC(C)C2. The molecule has 1 aliphatic heterocycles. The Morgan fingerprint density at radius 1 is 1.62 bits per heavy atom. The number of nitrogen functional groups attached to an aromatic ring is 1. The third-order valence-electron chi connectivity index (χ3n) is 3.37. The smallest absolute Gasteiger partial charge is 0.127 e. The number of imidazole rings is 1. The highest BCUT2D eigenvalue weighted by Crippen LogP contribution is 2.28. The number of aromatic nitrogens is 2. The second-order valence-electron chi connectivity index (χ2n) is 4.90. The lowest BCUT2D eigenvalue weighted by atomic mass is 10.0. The van der Waals surface area contributed by atoms with Gasteiger partial charge in [-0.05, 0) is 12.3 Å². The molecule has 0 fully saturated rings. The van der Waals surface area contributed by atoms with Gasteiger partial charge >= 0.3 is 0 Å². The highest BCUT2D eigenvalue weighted by Gasteiger charge is 2.23. The van der Waals surface area contributed by atoms with Crippen molar-refractivity contribution >= 4 is 5.82 Å². The molecule has 0 aromatic carbocycles. The summed E-state index contributed by atoms with van der Waals surface area (Å²) in [6, 6.07) is 0. The molecule has 90 valence electrons. The molecule has 4 heteroatoms. The van der Waals surface area contributed by atoms with Crippen molar-refractivity contribution in [1.29, 1.82) is 0 Å². The van der Waals surface area contributed by atoms with E-state index in [9.17, 15) is 0 Å². The van der Waals surface area contributed by atoms with E-state index in [-0.39, 0.29) is 5.92 Å². The summed E-state index contributed by atoms with van der Waals surface area (Å²) in [5, 5.41) is 0. The van der Waals surface area contributed by atoms with Gasteiger partial charge in [-0.1, -0.05) is 13.8 Å². The van der Waals surface area contributed by atoms with E-state index in [2.05, 4.69) is 23.4 Å². The van der Waals surface area contributed by atoms with E-state index in [4.69, 9.17) is 10.5 Å². The van der Waals surface area contributed by atoms with Crippen molar-refractivity contribution in [2.24, 2.45) is 5.92 Å². The maximum atomic E-state index is 6.15. The van der Waals surface area contributed by atoms with Gasteiger partial charge in [0.1, 0.15) is 11.6 Å². The van der Waals surface area contributed by atoms with Gasteiger partial charge < -0.3 is 15.0 Å². The molecule has 0 saturated heterocycles. The molecule has 0 aliphatic carbocycles. The first-order valence-electron chi connectivity index (χ1n) is 5.97. The van der Waals surface area contributed by atoms with Crippen LogP contribution in [0.25, 0.3) is 0 Å². The summed E-state index contributed by atoms with van der Waals surface area (Å²) in [5.74, 6) is 2.99. The minimum absolute atomic E-state index is 0.276. The maximum absolute atomic E-state index is 6.15. The Bertz CT molecular complexity index is 373. The fourth-order valence-electron chi connectivity index (χ4n) is 2.39. The number of fused-ring (bicyclic) bond motifs is 1. The van der Waals surface area contributed by atoms with Crippen molar-refractivity contribution in [2.45, 2.75) is 39.2 Å². The molecular formula is C12H21N3O. The Balaban J connectivity index is 2.28. The van der Waals surface area contributed by atoms with Crippen LogP contribution in [0.5, 0.6) is 0 Å². The molecule has 2 atom stereocenters. The van der Waals surface area contributed by atoms with E-state index in [0.717, 1.165) is 36.2 Å². The highest BCUT2D eigenvalue weighted by atomic mass is 16.5. The molecule has 0 spiro atoms. The van der Waals surface area contributed by atoms with Crippen molar-refractivity contribution in [3.63, 3.8) is 0 Å². The number of rotatable bonds is 3. The zero-order chi connectivity index (χ0) is 11.7. The van der Waals surface area contributed by atoms with E-state index in [1.54, 1.807) is 7.11 Å². The average molecular weight is 223 g/mol. The second kappa shape index (κ2) is 4.45. The molecule has 0 amide bonds. The standard InChI is InChI=1S/C12H21N3O/c1-8-4-5-15-10(6-8)14-11(12(15)13)9(2)7-16-3/h8-9H,4-7,13H2,1-3H3. The molecule has 1 aromatic heterocycles. The van der Waals surface area contributed by atoms with Gasteiger partial charge in [0.05, 0.1) is 12.3 Å². The Labute approximate surface area is 96.8 Å². The van der Waals surface area contributed by atoms with Gasteiger partial charge in [-0.25, -0.2) is 4.98 Å². The monoisotopic (exact) mass is 223 g/mol. The van der Waals surface area contributed by atoms with E-state index < -0.39 is 0 Å².